The molecule has 0 radical (unpaired) electrons. The van der Waals surface area contributed by atoms with Crippen molar-refractivity contribution < 1.29 is 9.53 Å². The first-order chi connectivity index (χ1) is 27.7. The van der Waals surface area contributed by atoms with Crippen molar-refractivity contribution in [3.05, 3.63) is 102 Å². The zero-order valence-electron chi connectivity index (χ0n) is 32.2. The van der Waals surface area contributed by atoms with Crippen LogP contribution in [0.4, 0.5) is 0 Å². The molecule has 0 bridgehead atoms. The first-order valence-corrected chi connectivity index (χ1v) is 23.0. The van der Waals surface area contributed by atoms with E-state index in [2.05, 4.69) is 49.4 Å². The molecule has 18 rings (SSSR count). The summed E-state index contributed by atoms with van der Waals surface area (Å²) >= 11 is 0. The molecule has 14 aliphatic carbocycles. The maximum Gasteiger partial charge on any atom is 0.305 e. The van der Waals surface area contributed by atoms with Gasteiger partial charge in [-0.25, -0.2) is 0 Å². The van der Waals surface area contributed by atoms with Crippen molar-refractivity contribution in [2.75, 3.05) is 6.61 Å². The zero-order chi connectivity index (χ0) is 35.7. The Morgan fingerprint density at radius 3 is 2.29 bits per heavy atom. The summed E-state index contributed by atoms with van der Waals surface area (Å²) in [6.07, 6.45) is 19.6. The highest BCUT2D eigenvalue weighted by Crippen LogP contribution is 2.94. The van der Waals surface area contributed by atoms with Crippen molar-refractivity contribution >= 4 is 39.0 Å². The molecular weight excluding hydrogens is 681 g/mol. The lowest BCUT2D eigenvalue weighted by atomic mass is 9.59. The third-order valence-electron chi connectivity index (χ3n) is 20.7. The van der Waals surface area contributed by atoms with Crippen LogP contribution in [0, 0.1) is 23.7 Å². The molecule has 4 aromatic carbocycles. The van der Waals surface area contributed by atoms with E-state index in [1.807, 2.05) is 66.1 Å². The third-order valence-corrected chi connectivity index (χ3v) is 20.7. The number of hydrogen-bond acceptors (Lipinski definition) is 2. The van der Waals surface area contributed by atoms with Crippen LogP contribution in [0.2, 0.25) is 0 Å². The summed E-state index contributed by atoms with van der Waals surface area (Å²) in [7, 11) is 0. The Balaban J connectivity index is 1.09. The molecule has 272 valence electrons. The molecule has 56 heavy (non-hydrogen) atoms. The number of rotatable bonds is 7. The normalized spacial score (nSPS) is 40.1. The molecule has 0 saturated heterocycles. The van der Waals surface area contributed by atoms with Gasteiger partial charge in [0.05, 0.1) is 6.61 Å². The van der Waals surface area contributed by atoms with Gasteiger partial charge in [0.1, 0.15) is 0 Å². The maximum absolute atomic E-state index is 13.4. The van der Waals surface area contributed by atoms with Gasteiger partial charge in [-0.15, -0.1) is 0 Å². The molecule has 0 aliphatic heterocycles. The van der Waals surface area contributed by atoms with Gasteiger partial charge in [0.2, 0.25) is 0 Å². The van der Waals surface area contributed by atoms with Gasteiger partial charge in [-0.3, -0.25) is 4.79 Å². The van der Waals surface area contributed by atoms with E-state index in [1.54, 1.807) is 49.0 Å². The minimum Gasteiger partial charge on any atom is -0.466 e. The van der Waals surface area contributed by atoms with Crippen LogP contribution in [0.3, 0.4) is 0 Å². The number of fused-ring (bicyclic) bond motifs is 5. The Hall–Kier alpha value is -4.17. The topological polar surface area (TPSA) is 26.3 Å². The van der Waals surface area contributed by atoms with Crippen LogP contribution < -0.4 is 20.9 Å². The van der Waals surface area contributed by atoms with Crippen LogP contribution in [0.15, 0.2) is 42.5 Å². The Bertz CT molecular complexity index is 3190. The van der Waals surface area contributed by atoms with E-state index in [9.17, 15) is 4.79 Å². The maximum atomic E-state index is 13.4. The minimum atomic E-state index is -0.0246. The van der Waals surface area contributed by atoms with E-state index in [0.29, 0.717) is 54.5 Å². The molecule has 0 N–H and O–H groups in total. The van der Waals surface area contributed by atoms with Crippen molar-refractivity contribution in [2.24, 2.45) is 23.7 Å². The van der Waals surface area contributed by atoms with E-state index in [0.717, 1.165) is 25.2 Å². The number of carbonyl (C=O) groups is 1. The van der Waals surface area contributed by atoms with Gasteiger partial charge in [-0.1, -0.05) is 71.7 Å². The Labute approximate surface area is 326 Å². The fourth-order valence-electron chi connectivity index (χ4n) is 20.5. The van der Waals surface area contributed by atoms with Crippen molar-refractivity contribution in [1.29, 1.82) is 0 Å². The number of esters is 1. The van der Waals surface area contributed by atoms with Gasteiger partial charge in [0.15, 0.2) is 0 Å². The zero-order valence-corrected chi connectivity index (χ0v) is 32.2. The highest BCUT2D eigenvalue weighted by atomic mass is 16.5. The van der Waals surface area contributed by atoms with Gasteiger partial charge in [0.25, 0.3) is 0 Å². The number of benzene rings is 4. The van der Waals surface area contributed by atoms with Crippen LogP contribution >= 0.6 is 0 Å². The molecule has 14 aliphatic rings. The molecule has 11 atom stereocenters. The van der Waals surface area contributed by atoms with E-state index in [1.165, 1.54) is 51.4 Å². The number of carbonyl (C=O) groups excluding carboxylic acids is 1. The molecule has 2 nitrogen and oxygen atoms in total. The van der Waals surface area contributed by atoms with Crippen LogP contribution in [-0.4, -0.2) is 12.6 Å². The van der Waals surface area contributed by atoms with E-state index >= 15 is 0 Å². The summed E-state index contributed by atoms with van der Waals surface area (Å²) < 4.78 is 5.79. The van der Waals surface area contributed by atoms with Gasteiger partial charge >= 0.3 is 5.97 Å². The average Bonchev–Trinajstić information content (AvgIpc) is 3.88. The van der Waals surface area contributed by atoms with Gasteiger partial charge in [0, 0.05) is 40.4 Å². The molecular formula is C54H44O2. The number of allylic oxidation sites excluding steroid dienone is 2. The van der Waals surface area contributed by atoms with Crippen LogP contribution in [-0.2, 0) is 25.8 Å². The summed E-state index contributed by atoms with van der Waals surface area (Å²) in [5, 5.41) is 10.8. The molecule has 0 aromatic heterocycles. The summed E-state index contributed by atoms with van der Waals surface area (Å²) in [6.45, 7) is 2.65. The van der Waals surface area contributed by atoms with Crippen LogP contribution in [0.5, 0.6) is 0 Å². The predicted octanol–water partition coefficient (Wildman–Crippen LogP) is 8.28. The van der Waals surface area contributed by atoms with E-state index in [4.69, 9.17) is 4.74 Å². The molecule has 0 amide bonds. The van der Waals surface area contributed by atoms with Crippen molar-refractivity contribution in [3.8, 4) is 22.3 Å². The standard InChI is InChI=1S/C54H44O2/c1-2-21-56-33(55)9-6-20-52(22-7-4-3-5-8-22)53-31-18-19-32-30-17-15-28-26-13-11-24-23-10-12-25-27-14-16-29(31)40-38(27)43-36(25)34(23)42-35(24)37(26)44-39(28)41(30)51(54(32,52)53)49-47(44)45(42)46(43)48(49)50(40)53/h3-5,7-8,10,12,23-26,31-32,34,36H,2,6,9,11,13-21H2,1H3. The molecule has 2 fully saturated rings. The fourth-order valence-corrected chi connectivity index (χ4v) is 20.5. The third kappa shape index (κ3) is 2.15. The van der Waals surface area contributed by atoms with Crippen LogP contribution in [0.25, 0.3) is 55.3 Å². The molecule has 4 aromatic rings. The van der Waals surface area contributed by atoms with E-state index < -0.39 is 0 Å². The Morgan fingerprint density at radius 2 is 1.46 bits per heavy atom. The summed E-state index contributed by atoms with van der Waals surface area (Å²) in [4.78, 5) is 13.4. The monoisotopic (exact) mass is 724 g/mol. The lowest BCUT2D eigenvalue weighted by molar-refractivity contribution is -0.143. The minimum absolute atomic E-state index is 0.0115. The van der Waals surface area contributed by atoms with Crippen molar-refractivity contribution in [3.63, 3.8) is 0 Å². The summed E-state index contributed by atoms with van der Waals surface area (Å²) in [5.74, 6) is 5.21. The molecule has 0 heterocycles. The van der Waals surface area contributed by atoms with Crippen molar-refractivity contribution in [1.82, 2.24) is 0 Å². The predicted molar refractivity (Wildman–Crippen MR) is 218 cm³/mol. The quantitative estimate of drug-likeness (QED) is 0.125. The fraction of sp³-hybridized carbons (Fsp3) is 0.463. The molecule has 2 saturated carbocycles. The van der Waals surface area contributed by atoms with Crippen LogP contribution in [0.1, 0.15) is 147 Å². The molecule has 2 heteroatoms. The largest absolute Gasteiger partial charge is 0.466 e. The van der Waals surface area contributed by atoms with Gasteiger partial charge in [-0.05, 0) is 193 Å². The van der Waals surface area contributed by atoms with E-state index in [-0.39, 0.29) is 22.2 Å². The van der Waals surface area contributed by atoms with Gasteiger partial charge in [-0.2, -0.15) is 0 Å². The second-order valence-electron chi connectivity index (χ2n) is 21.2. The molecule has 11 unspecified atom stereocenters. The second-order valence-corrected chi connectivity index (χ2v) is 21.2. The second kappa shape index (κ2) is 8.10. The lowest BCUT2D eigenvalue weighted by Crippen LogP contribution is -2.42. The Morgan fingerprint density at radius 1 is 0.696 bits per heavy atom. The first-order valence-electron chi connectivity index (χ1n) is 23.0. The highest BCUT2D eigenvalue weighted by Gasteiger charge is 2.96. The summed E-state index contributed by atoms with van der Waals surface area (Å²) in [6, 6.07) is 12.1. The number of ether oxygens (including phenoxy) is 1. The first kappa shape index (κ1) is 28.3. The molecule has 2 spiro atoms. The smallest absolute Gasteiger partial charge is 0.305 e. The number of hydrogen-bond donors (Lipinski definition) is 0. The van der Waals surface area contributed by atoms with Crippen molar-refractivity contribution in [2.45, 2.75) is 124 Å². The summed E-state index contributed by atoms with van der Waals surface area (Å²) in [5.41, 5.74) is 27.6. The SMILES string of the molecule is CCCOC(=O)CCCC1(c2ccccc2)C23c4c5c6c7c8c4=C4CCC=8C8C=CC9C%10CCC%11C%12=c%13c%14c(c-5c5c-6c(c%10c%11c%135)C9C78)C12C(CCC43)C=%14CC%12. The highest BCUT2D eigenvalue weighted by molar-refractivity contribution is 6.25. The lowest BCUT2D eigenvalue weighted by Gasteiger charge is -2.43. The Kier molecular flexibility index (Phi) is 4.09. The van der Waals surface area contributed by atoms with Gasteiger partial charge < -0.3 is 4.74 Å². The average molecular weight is 725 g/mol.